The van der Waals surface area contributed by atoms with E-state index in [4.69, 9.17) is 10.00 Å². The number of nitriles is 1. The molecule has 0 bridgehead atoms. The van der Waals surface area contributed by atoms with Crippen LogP contribution in [0.5, 0.6) is 0 Å². The number of aromatic nitrogens is 1. The highest BCUT2D eigenvalue weighted by atomic mass is 32.2. The van der Waals surface area contributed by atoms with Crippen LogP contribution in [0, 0.1) is 11.3 Å². The van der Waals surface area contributed by atoms with Gasteiger partial charge in [0.25, 0.3) is 0 Å². The Morgan fingerprint density at radius 2 is 2.30 bits per heavy atom. The zero-order valence-corrected chi connectivity index (χ0v) is 14.4. The van der Waals surface area contributed by atoms with E-state index < -0.39 is 16.4 Å². The van der Waals surface area contributed by atoms with E-state index >= 15 is 0 Å². The fourth-order valence-electron chi connectivity index (χ4n) is 2.43. The third-order valence-electron chi connectivity index (χ3n) is 3.45. The highest BCUT2D eigenvalue weighted by Crippen LogP contribution is 2.22. The van der Waals surface area contributed by atoms with Crippen molar-refractivity contribution in [2.75, 3.05) is 12.3 Å². The summed E-state index contributed by atoms with van der Waals surface area (Å²) in [6, 6.07) is 4.99. The molecule has 0 aromatic carbocycles. The molecular weight excluding hydrogens is 314 g/mol. The molecule has 0 unspecified atom stereocenters. The number of pyridine rings is 1. The fraction of sp³-hybridized carbons (Fsp3) is 0.562. The van der Waals surface area contributed by atoms with Crippen molar-refractivity contribution in [3.63, 3.8) is 0 Å². The number of nitrogens with zero attached hydrogens (tertiary/aromatic N) is 3. The van der Waals surface area contributed by atoms with Crippen LogP contribution in [0.1, 0.15) is 39.2 Å². The molecule has 0 N–H and O–H groups in total. The maximum atomic E-state index is 12.5. The first kappa shape index (κ1) is 17.4. The van der Waals surface area contributed by atoms with Crippen molar-refractivity contribution in [2.24, 2.45) is 0 Å². The van der Waals surface area contributed by atoms with E-state index in [1.54, 1.807) is 11.0 Å². The van der Waals surface area contributed by atoms with Crippen molar-refractivity contribution in [3.8, 4) is 6.07 Å². The van der Waals surface area contributed by atoms with E-state index in [1.165, 1.54) is 12.3 Å². The summed E-state index contributed by atoms with van der Waals surface area (Å²) in [4.78, 5) is 18.0. The first-order chi connectivity index (χ1) is 10.8. The molecule has 1 aliphatic heterocycles. The molecule has 1 aliphatic rings. The summed E-state index contributed by atoms with van der Waals surface area (Å²) >= 11 is 0. The third kappa shape index (κ3) is 4.76. The largest absolute Gasteiger partial charge is 0.444 e. The molecule has 2 rings (SSSR count). The van der Waals surface area contributed by atoms with Crippen LogP contribution in [0.4, 0.5) is 4.79 Å². The Labute approximate surface area is 138 Å². The Morgan fingerprint density at radius 1 is 1.57 bits per heavy atom. The molecule has 1 aromatic heterocycles. The molecule has 2 heterocycles. The number of carbonyl (C=O) groups is 1. The van der Waals surface area contributed by atoms with E-state index in [2.05, 4.69) is 4.98 Å². The van der Waals surface area contributed by atoms with Gasteiger partial charge in [-0.15, -0.1) is 0 Å². The summed E-state index contributed by atoms with van der Waals surface area (Å²) in [7, 11) is -1.36. The number of likely N-dealkylation sites (tertiary alicyclic amines) is 1. The van der Waals surface area contributed by atoms with Crippen LogP contribution in [0.15, 0.2) is 23.4 Å². The van der Waals surface area contributed by atoms with Gasteiger partial charge in [-0.05, 0) is 45.7 Å². The maximum absolute atomic E-state index is 12.5. The lowest BCUT2D eigenvalue weighted by Gasteiger charge is -2.28. The fourth-order valence-corrected chi connectivity index (χ4v) is 3.74. The highest BCUT2D eigenvalue weighted by Gasteiger charge is 2.33. The van der Waals surface area contributed by atoms with Gasteiger partial charge in [0.15, 0.2) is 0 Å². The minimum absolute atomic E-state index is 0.127. The van der Waals surface area contributed by atoms with Gasteiger partial charge in [-0.3, -0.25) is 4.21 Å². The van der Waals surface area contributed by atoms with Crippen LogP contribution in [-0.4, -0.2) is 44.1 Å². The SMILES string of the molecule is CC(C)(C)OC(=O)N1CCC[C@@H]1C[S@](=O)c1cc(C#N)ccn1. The van der Waals surface area contributed by atoms with Crippen molar-refractivity contribution in [3.05, 3.63) is 23.9 Å². The summed E-state index contributed by atoms with van der Waals surface area (Å²) in [5.74, 6) is 0.307. The van der Waals surface area contributed by atoms with Crippen LogP contribution in [0.25, 0.3) is 0 Å². The molecule has 6 nitrogen and oxygen atoms in total. The standard InChI is InChI=1S/C16H21N3O3S/c1-16(2,3)22-15(20)19-8-4-5-13(19)11-23(21)14-9-12(10-17)6-7-18-14/h6-7,9,13H,4-5,8,11H2,1-3H3/t13-,23+/m1/s1. The molecule has 1 fully saturated rings. The summed E-state index contributed by atoms with van der Waals surface area (Å²) in [6.45, 7) is 6.09. The van der Waals surface area contributed by atoms with E-state index in [1.807, 2.05) is 26.8 Å². The first-order valence-corrected chi connectivity index (χ1v) is 8.86. The second-order valence-electron chi connectivity index (χ2n) is 6.48. The molecule has 1 saturated heterocycles. The number of hydrogen-bond acceptors (Lipinski definition) is 5. The van der Waals surface area contributed by atoms with Gasteiger partial charge in [0, 0.05) is 18.8 Å². The van der Waals surface area contributed by atoms with Crippen LogP contribution < -0.4 is 0 Å². The van der Waals surface area contributed by atoms with Crippen molar-refractivity contribution in [1.29, 1.82) is 5.26 Å². The zero-order valence-electron chi connectivity index (χ0n) is 13.6. The summed E-state index contributed by atoms with van der Waals surface area (Å²) in [5, 5.41) is 9.28. The molecular formula is C16H21N3O3S. The van der Waals surface area contributed by atoms with E-state index in [9.17, 15) is 9.00 Å². The smallest absolute Gasteiger partial charge is 0.410 e. The maximum Gasteiger partial charge on any atom is 0.410 e. The van der Waals surface area contributed by atoms with Gasteiger partial charge in [0.05, 0.1) is 28.2 Å². The van der Waals surface area contributed by atoms with Crippen molar-refractivity contribution < 1.29 is 13.7 Å². The molecule has 0 radical (unpaired) electrons. The molecule has 1 amide bonds. The predicted octanol–water partition coefficient (Wildman–Crippen LogP) is 2.46. The normalized spacial score (nSPS) is 19.2. The average Bonchev–Trinajstić information content (AvgIpc) is 2.93. The minimum atomic E-state index is -1.36. The molecule has 23 heavy (non-hydrogen) atoms. The van der Waals surface area contributed by atoms with E-state index in [0.29, 0.717) is 22.9 Å². The van der Waals surface area contributed by atoms with E-state index in [-0.39, 0.29) is 12.1 Å². The number of ether oxygens (including phenoxy) is 1. The molecule has 0 aliphatic carbocycles. The number of hydrogen-bond donors (Lipinski definition) is 0. The van der Waals surface area contributed by atoms with Crippen LogP contribution in [-0.2, 0) is 15.5 Å². The quantitative estimate of drug-likeness (QED) is 0.847. The molecule has 2 atom stereocenters. The van der Waals surface area contributed by atoms with Gasteiger partial charge in [0.2, 0.25) is 0 Å². The predicted molar refractivity (Wildman–Crippen MR) is 86.2 cm³/mol. The first-order valence-electron chi connectivity index (χ1n) is 7.54. The van der Waals surface area contributed by atoms with Crippen molar-refractivity contribution in [2.45, 2.75) is 50.3 Å². The van der Waals surface area contributed by atoms with Gasteiger partial charge in [-0.2, -0.15) is 5.26 Å². The number of rotatable bonds is 3. The Kier molecular flexibility index (Phi) is 5.37. The van der Waals surface area contributed by atoms with Gasteiger partial charge in [0.1, 0.15) is 10.6 Å². The molecule has 1 aromatic rings. The van der Waals surface area contributed by atoms with Crippen LogP contribution in [0.3, 0.4) is 0 Å². The van der Waals surface area contributed by atoms with Gasteiger partial charge < -0.3 is 9.64 Å². The van der Waals surface area contributed by atoms with E-state index in [0.717, 1.165) is 12.8 Å². The van der Waals surface area contributed by atoms with Crippen molar-refractivity contribution in [1.82, 2.24) is 9.88 Å². The second-order valence-corrected chi connectivity index (χ2v) is 7.92. The lowest BCUT2D eigenvalue weighted by molar-refractivity contribution is 0.0241. The zero-order chi connectivity index (χ0) is 17.0. The van der Waals surface area contributed by atoms with Gasteiger partial charge in [-0.1, -0.05) is 0 Å². The highest BCUT2D eigenvalue weighted by molar-refractivity contribution is 7.85. The summed E-state index contributed by atoms with van der Waals surface area (Å²) < 4.78 is 17.9. The Balaban J connectivity index is 2.04. The summed E-state index contributed by atoms with van der Waals surface area (Å²) in [5.41, 5.74) is -0.120. The minimum Gasteiger partial charge on any atom is -0.444 e. The van der Waals surface area contributed by atoms with Gasteiger partial charge >= 0.3 is 6.09 Å². The lowest BCUT2D eigenvalue weighted by atomic mass is 10.2. The number of amides is 1. The topological polar surface area (TPSA) is 83.3 Å². The second kappa shape index (κ2) is 7.09. The van der Waals surface area contributed by atoms with Crippen LogP contribution in [0.2, 0.25) is 0 Å². The monoisotopic (exact) mass is 335 g/mol. The molecule has 124 valence electrons. The van der Waals surface area contributed by atoms with Crippen LogP contribution >= 0.6 is 0 Å². The lowest BCUT2D eigenvalue weighted by Crippen LogP contribution is -2.42. The third-order valence-corrected chi connectivity index (χ3v) is 4.82. The average molecular weight is 335 g/mol. The Bertz CT molecular complexity index is 649. The van der Waals surface area contributed by atoms with Gasteiger partial charge in [-0.25, -0.2) is 9.78 Å². The Hall–Kier alpha value is -1.94. The molecule has 0 saturated carbocycles. The van der Waals surface area contributed by atoms with Crippen molar-refractivity contribution >= 4 is 16.9 Å². The summed E-state index contributed by atoms with van der Waals surface area (Å²) in [6.07, 6.45) is 2.78. The molecule has 0 spiro atoms. The molecule has 7 heteroatoms. The number of carbonyl (C=O) groups excluding carboxylic acids is 1. The Morgan fingerprint density at radius 3 is 2.96 bits per heavy atom.